The lowest BCUT2D eigenvalue weighted by Crippen LogP contribution is -1.81. The molecule has 0 spiro atoms. The molecule has 2 aromatic rings. The van der Waals surface area contributed by atoms with Gasteiger partial charge in [0, 0.05) is 29.8 Å². The van der Waals surface area contributed by atoms with Crippen LogP contribution in [0.5, 0.6) is 0 Å². The minimum absolute atomic E-state index is 0.157. The van der Waals surface area contributed by atoms with Gasteiger partial charge in [-0.2, -0.15) is 0 Å². The van der Waals surface area contributed by atoms with Crippen LogP contribution >= 0.6 is 11.8 Å². The maximum atomic E-state index is 10.8. The number of thioether (sulfide) groups is 1. The second-order valence-electron chi connectivity index (χ2n) is 3.49. The normalized spacial score (nSPS) is 11.3. The Hall–Kier alpha value is -1.48. The number of nitrogens with one attached hydrogen (secondary N) is 1. The van der Waals surface area contributed by atoms with Crippen LogP contribution in [0.25, 0.3) is 17.0 Å². The van der Waals surface area contributed by atoms with Gasteiger partial charge >= 0.3 is 0 Å². The third kappa shape index (κ3) is 2.55. The third-order valence-corrected chi connectivity index (χ3v) is 3.07. The van der Waals surface area contributed by atoms with Crippen molar-refractivity contribution >= 4 is 33.9 Å². The van der Waals surface area contributed by atoms with Gasteiger partial charge in [-0.25, -0.2) is 0 Å². The Bertz CT molecular complexity index is 527. The molecular formula is C13H13NOS. The van der Waals surface area contributed by atoms with Gasteiger partial charge in [0.15, 0.2) is 5.12 Å². The van der Waals surface area contributed by atoms with E-state index < -0.39 is 0 Å². The molecule has 1 aromatic heterocycles. The number of hydrogen-bond donors (Lipinski definition) is 1. The summed E-state index contributed by atoms with van der Waals surface area (Å²) in [4.78, 5) is 13.9. The van der Waals surface area contributed by atoms with Gasteiger partial charge in [-0.05, 0) is 17.7 Å². The number of carbonyl (C=O) groups is 1. The molecule has 0 saturated carbocycles. The zero-order valence-corrected chi connectivity index (χ0v) is 9.88. The lowest BCUT2D eigenvalue weighted by atomic mass is 10.1. The third-order valence-electron chi connectivity index (χ3n) is 2.31. The van der Waals surface area contributed by atoms with Crippen molar-refractivity contribution in [3.8, 4) is 0 Å². The fourth-order valence-electron chi connectivity index (χ4n) is 1.60. The number of rotatable bonds is 3. The highest BCUT2D eigenvalue weighted by atomic mass is 32.2. The molecule has 0 amide bonds. The molecule has 0 saturated heterocycles. The number of H-pyrrole nitrogens is 1. The van der Waals surface area contributed by atoms with Crippen molar-refractivity contribution < 1.29 is 4.79 Å². The first kappa shape index (κ1) is 11.0. The minimum Gasteiger partial charge on any atom is -0.361 e. The summed E-state index contributed by atoms with van der Waals surface area (Å²) < 4.78 is 0. The molecule has 1 heterocycles. The number of aromatic nitrogens is 1. The molecule has 0 atom stereocenters. The van der Waals surface area contributed by atoms with Crippen molar-refractivity contribution in [2.45, 2.75) is 6.92 Å². The molecule has 0 aliphatic carbocycles. The lowest BCUT2D eigenvalue weighted by molar-refractivity contribution is -0.109. The van der Waals surface area contributed by atoms with E-state index in [4.69, 9.17) is 0 Å². The van der Waals surface area contributed by atoms with Crippen molar-refractivity contribution in [3.63, 3.8) is 0 Å². The molecule has 0 unspecified atom stereocenters. The largest absolute Gasteiger partial charge is 0.361 e. The predicted molar refractivity (Wildman–Crippen MR) is 70.5 cm³/mol. The van der Waals surface area contributed by atoms with Gasteiger partial charge in [0.25, 0.3) is 0 Å². The second-order valence-corrected chi connectivity index (χ2v) is 4.69. The summed E-state index contributed by atoms with van der Waals surface area (Å²) in [6.45, 7) is 1.59. The van der Waals surface area contributed by atoms with Crippen molar-refractivity contribution in [1.82, 2.24) is 4.98 Å². The minimum atomic E-state index is 0.157. The van der Waals surface area contributed by atoms with Gasteiger partial charge in [-0.3, -0.25) is 4.79 Å². The molecule has 82 valence electrons. The number of carbonyl (C=O) groups excluding carboxylic acids is 1. The summed E-state index contributed by atoms with van der Waals surface area (Å²) in [6.07, 6.45) is 6.02. The van der Waals surface area contributed by atoms with Crippen LogP contribution in [0, 0.1) is 0 Å². The van der Waals surface area contributed by atoms with Crippen LogP contribution in [-0.4, -0.2) is 15.9 Å². The van der Waals surface area contributed by atoms with E-state index in [1.165, 1.54) is 22.7 Å². The van der Waals surface area contributed by atoms with Crippen LogP contribution in [0.4, 0.5) is 0 Å². The average Bonchev–Trinajstić information content (AvgIpc) is 2.72. The van der Waals surface area contributed by atoms with Crippen LogP contribution in [0.3, 0.4) is 0 Å². The summed E-state index contributed by atoms with van der Waals surface area (Å²) in [5, 5.41) is 1.37. The summed E-state index contributed by atoms with van der Waals surface area (Å²) >= 11 is 1.32. The quantitative estimate of drug-likeness (QED) is 0.877. The van der Waals surface area contributed by atoms with Crippen molar-refractivity contribution in [2.24, 2.45) is 0 Å². The van der Waals surface area contributed by atoms with Gasteiger partial charge < -0.3 is 4.98 Å². The summed E-state index contributed by atoms with van der Waals surface area (Å²) in [6, 6.07) is 8.21. The van der Waals surface area contributed by atoms with Gasteiger partial charge in [-0.15, -0.1) is 0 Å². The van der Waals surface area contributed by atoms with E-state index >= 15 is 0 Å². The SMILES string of the molecule is CC(=O)SCC=Cc1cccc2[nH]ccc12. The van der Waals surface area contributed by atoms with Crippen LogP contribution in [0.2, 0.25) is 0 Å². The first-order chi connectivity index (χ1) is 7.77. The maximum Gasteiger partial charge on any atom is 0.186 e. The van der Waals surface area contributed by atoms with E-state index in [0.717, 1.165) is 11.3 Å². The molecular weight excluding hydrogens is 218 g/mol. The van der Waals surface area contributed by atoms with Gasteiger partial charge in [0.05, 0.1) is 0 Å². The molecule has 2 nitrogen and oxygen atoms in total. The molecule has 0 bridgehead atoms. The molecule has 0 fully saturated rings. The monoisotopic (exact) mass is 231 g/mol. The Balaban J connectivity index is 2.14. The highest BCUT2D eigenvalue weighted by molar-refractivity contribution is 8.13. The van der Waals surface area contributed by atoms with Crippen molar-refractivity contribution in [1.29, 1.82) is 0 Å². The van der Waals surface area contributed by atoms with Crippen molar-refractivity contribution in [3.05, 3.63) is 42.1 Å². The van der Waals surface area contributed by atoms with Crippen LogP contribution < -0.4 is 0 Å². The number of fused-ring (bicyclic) bond motifs is 1. The van der Waals surface area contributed by atoms with E-state index in [9.17, 15) is 4.79 Å². The van der Waals surface area contributed by atoms with Gasteiger partial charge in [0.1, 0.15) is 0 Å². The molecule has 0 aliphatic rings. The molecule has 1 N–H and O–H groups in total. The summed E-state index contributed by atoms with van der Waals surface area (Å²) in [5.74, 6) is 0.732. The highest BCUT2D eigenvalue weighted by Crippen LogP contribution is 2.18. The average molecular weight is 231 g/mol. The fraction of sp³-hybridized carbons (Fsp3) is 0.154. The van der Waals surface area contributed by atoms with E-state index in [0.29, 0.717) is 0 Å². The topological polar surface area (TPSA) is 32.9 Å². The van der Waals surface area contributed by atoms with Crippen LogP contribution in [0.15, 0.2) is 36.5 Å². The standard InChI is InChI=1S/C13H13NOS/c1-10(15)16-9-3-5-11-4-2-6-13-12(11)7-8-14-13/h2-8,14H,9H2,1H3. The Morgan fingerprint density at radius 1 is 1.44 bits per heavy atom. The predicted octanol–water partition coefficient (Wildman–Crippen LogP) is 3.46. The Morgan fingerprint density at radius 3 is 3.12 bits per heavy atom. The fourth-order valence-corrected chi connectivity index (χ4v) is 2.02. The van der Waals surface area contributed by atoms with Gasteiger partial charge in [-0.1, -0.05) is 36.0 Å². The molecule has 0 aliphatic heterocycles. The first-order valence-electron chi connectivity index (χ1n) is 5.13. The van der Waals surface area contributed by atoms with Gasteiger partial charge in [0.2, 0.25) is 0 Å². The Labute approximate surface area is 98.7 Å². The highest BCUT2D eigenvalue weighted by Gasteiger charge is 1.97. The summed E-state index contributed by atoms with van der Waals surface area (Å²) in [7, 11) is 0. The van der Waals surface area contributed by atoms with Crippen LogP contribution in [-0.2, 0) is 4.79 Å². The number of hydrogen-bond acceptors (Lipinski definition) is 2. The molecule has 16 heavy (non-hydrogen) atoms. The smallest absolute Gasteiger partial charge is 0.186 e. The van der Waals surface area contributed by atoms with E-state index in [1.54, 1.807) is 6.92 Å². The lowest BCUT2D eigenvalue weighted by Gasteiger charge is -1.96. The molecule has 2 rings (SSSR count). The molecule has 1 aromatic carbocycles. The van der Waals surface area contributed by atoms with Crippen LogP contribution in [0.1, 0.15) is 12.5 Å². The Morgan fingerprint density at radius 2 is 2.31 bits per heavy atom. The van der Waals surface area contributed by atoms with E-state index in [-0.39, 0.29) is 5.12 Å². The second kappa shape index (κ2) is 5.03. The maximum absolute atomic E-state index is 10.8. The Kier molecular flexibility index (Phi) is 3.47. The molecule has 0 radical (unpaired) electrons. The first-order valence-corrected chi connectivity index (χ1v) is 6.12. The molecule has 3 heteroatoms. The zero-order valence-electron chi connectivity index (χ0n) is 9.07. The number of aromatic amines is 1. The zero-order chi connectivity index (χ0) is 11.4. The van der Waals surface area contributed by atoms with E-state index in [2.05, 4.69) is 29.3 Å². The summed E-state index contributed by atoms with van der Waals surface area (Å²) in [5.41, 5.74) is 2.32. The number of benzene rings is 1. The van der Waals surface area contributed by atoms with Crippen molar-refractivity contribution in [2.75, 3.05) is 5.75 Å². The van der Waals surface area contributed by atoms with E-state index in [1.807, 2.05) is 18.3 Å².